The van der Waals surface area contributed by atoms with Crippen LogP contribution in [0.15, 0.2) is 45.4 Å². The Bertz CT molecular complexity index is 1000. The van der Waals surface area contributed by atoms with E-state index in [-0.39, 0.29) is 16.6 Å². The highest BCUT2D eigenvalue weighted by Crippen LogP contribution is 2.38. The molecule has 4 rings (SSSR count). The van der Waals surface area contributed by atoms with Crippen LogP contribution in [0, 0.1) is 0 Å². The fourth-order valence-corrected chi connectivity index (χ4v) is 5.74. The summed E-state index contributed by atoms with van der Waals surface area (Å²) in [5, 5.41) is 1.97. The largest absolute Gasteiger partial charge is 0.323 e. The summed E-state index contributed by atoms with van der Waals surface area (Å²) in [5.74, 6) is 0. The van der Waals surface area contributed by atoms with E-state index in [1.165, 1.54) is 6.07 Å². The summed E-state index contributed by atoms with van der Waals surface area (Å²) in [5.41, 5.74) is 0.764. The number of benzene rings is 1. The lowest BCUT2D eigenvalue weighted by Crippen LogP contribution is -2.30. The summed E-state index contributed by atoms with van der Waals surface area (Å²) < 4.78 is 27.6. The number of aromatic nitrogens is 2. The number of fused-ring (bicyclic) bond motifs is 1. The number of nitrogens with one attached hydrogen (secondary N) is 2. The Morgan fingerprint density at radius 2 is 2.00 bits per heavy atom. The summed E-state index contributed by atoms with van der Waals surface area (Å²) in [4.78, 5) is 17.9. The second-order valence-electron chi connectivity index (χ2n) is 5.58. The van der Waals surface area contributed by atoms with Gasteiger partial charge in [-0.1, -0.05) is 6.07 Å². The first-order valence-electron chi connectivity index (χ1n) is 7.33. The first kappa shape index (κ1) is 14.7. The van der Waals surface area contributed by atoms with Crippen molar-refractivity contribution in [1.82, 2.24) is 14.3 Å². The van der Waals surface area contributed by atoms with Gasteiger partial charge in [0.25, 0.3) is 0 Å². The number of hydrogen-bond donors (Lipinski definition) is 2. The zero-order valence-electron chi connectivity index (χ0n) is 12.2. The average molecular weight is 349 g/mol. The molecule has 1 aromatic carbocycles. The molecule has 1 fully saturated rings. The Balaban J connectivity index is 1.77. The molecule has 1 saturated heterocycles. The van der Waals surface area contributed by atoms with Gasteiger partial charge in [-0.2, -0.15) is 4.31 Å². The lowest BCUT2D eigenvalue weighted by molar-refractivity contribution is 0.401. The fourth-order valence-electron chi connectivity index (χ4n) is 3.10. The Kier molecular flexibility index (Phi) is 3.40. The summed E-state index contributed by atoms with van der Waals surface area (Å²) in [6.07, 6.45) is 1.69. The topological polar surface area (TPSA) is 86.0 Å². The van der Waals surface area contributed by atoms with Crippen LogP contribution in [-0.4, -0.2) is 29.2 Å². The molecule has 1 aliphatic rings. The molecule has 2 N–H and O–H groups in total. The molecule has 0 aliphatic carbocycles. The third-order valence-corrected chi connectivity index (χ3v) is 7.05. The van der Waals surface area contributed by atoms with Crippen molar-refractivity contribution in [2.75, 3.05) is 6.54 Å². The predicted octanol–water partition coefficient (Wildman–Crippen LogP) is 2.44. The van der Waals surface area contributed by atoms with E-state index in [2.05, 4.69) is 9.97 Å². The van der Waals surface area contributed by atoms with E-state index in [4.69, 9.17) is 0 Å². The Morgan fingerprint density at radius 3 is 2.78 bits per heavy atom. The molecule has 0 bridgehead atoms. The number of H-pyrrole nitrogens is 2. The highest BCUT2D eigenvalue weighted by Gasteiger charge is 2.36. The van der Waals surface area contributed by atoms with Gasteiger partial charge in [-0.15, -0.1) is 11.3 Å². The van der Waals surface area contributed by atoms with Gasteiger partial charge in [0.1, 0.15) is 0 Å². The van der Waals surface area contributed by atoms with Crippen LogP contribution in [0.3, 0.4) is 0 Å². The lowest BCUT2D eigenvalue weighted by atomic mass is 10.2. The standard InChI is InChI=1S/C15H15N3O3S2/c19-15-16-11-6-5-10(9-12(11)17-15)23(20,21)18-7-1-3-13(18)14-4-2-8-22-14/h2,4-6,8-9,13H,1,3,7H2,(H2,16,17,19). The number of aromatic amines is 2. The highest BCUT2D eigenvalue weighted by atomic mass is 32.2. The van der Waals surface area contributed by atoms with Gasteiger partial charge in [-0.05, 0) is 42.5 Å². The molecular formula is C15H15N3O3S2. The highest BCUT2D eigenvalue weighted by molar-refractivity contribution is 7.89. The average Bonchev–Trinajstić information content (AvgIpc) is 3.25. The van der Waals surface area contributed by atoms with Crippen molar-refractivity contribution in [2.24, 2.45) is 0 Å². The number of sulfonamides is 1. The minimum Gasteiger partial charge on any atom is -0.306 e. The van der Waals surface area contributed by atoms with Crippen LogP contribution in [0.25, 0.3) is 11.0 Å². The summed E-state index contributed by atoms with van der Waals surface area (Å²) in [7, 11) is -3.59. The quantitative estimate of drug-likeness (QED) is 0.761. The van der Waals surface area contributed by atoms with Gasteiger partial charge in [-0.3, -0.25) is 0 Å². The van der Waals surface area contributed by atoms with E-state index in [0.717, 1.165) is 17.7 Å². The van der Waals surface area contributed by atoms with Crippen molar-refractivity contribution in [3.05, 3.63) is 51.1 Å². The van der Waals surface area contributed by atoms with Crippen molar-refractivity contribution in [1.29, 1.82) is 0 Å². The van der Waals surface area contributed by atoms with Crippen LogP contribution < -0.4 is 5.69 Å². The van der Waals surface area contributed by atoms with Crippen LogP contribution in [0.2, 0.25) is 0 Å². The minimum absolute atomic E-state index is 0.0963. The number of nitrogens with zero attached hydrogens (tertiary/aromatic N) is 1. The molecule has 0 amide bonds. The van der Waals surface area contributed by atoms with E-state index in [1.807, 2.05) is 17.5 Å². The molecule has 23 heavy (non-hydrogen) atoms. The molecule has 6 nitrogen and oxygen atoms in total. The Morgan fingerprint density at radius 1 is 1.17 bits per heavy atom. The smallest absolute Gasteiger partial charge is 0.306 e. The molecule has 1 unspecified atom stereocenters. The van der Waals surface area contributed by atoms with E-state index in [9.17, 15) is 13.2 Å². The summed E-state index contributed by atoms with van der Waals surface area (Å²) >= 11 is 1.58. The molecule has 1 aliphatic heterocycles. The number of hydrogen-bond acceptors (Lipinski definition) is 4. The van der Waals surface area contributed by atoms with E-state index >= 15 is 0 Å². The van der Waals surface area contributed by atoms with E-state index < -0.39 is 10.0 Å². The third-order valence-electron chi connectivity index (χ3n) is 4.17. The molecule has 0 saturated carbocycles. The zero-order valence-corrected chi connectivity index (χ0v) is 13.8. The molecule has 2 aromatic heterocycles. The van der Waals surface area contributed by atoms with Crippen molar-refractivity contribution < 1.29 is 8.42 Å². The van der Waals surface area contributed by atoms with Gasteiger partial charge in [0.15, 0.2) is 0 Å². The van der Waals surface area contributed by atoms with Gasteiger partial charge in [0.05, 0.1) is 22.0 Å². The molecule has 0 spiro atoms. The predicted molar refractivity (Wildman–Crippen MR) is 89.1 cm³/mol. The van der Waals surface area contributed by atoms with Crippen LogP contribution in [-0.2, 0) is 10.0 Å². The molecular weight excluding hydrogens is 334 g/mol. The van der Waals surface area contributed by atoms with Crippen LogP contribution in [0.4, 0.5) is 0 Å². The Hall–Kier alpha value is -1.90. The van der Waals surface area contributed by atoms with Crippen LogP contribution in [0.1, 0.15) is 23.8 Å². The molecule has 0 radical (unpaired) electrons. The van der Waals surface area contributed by atoms with Gasteiger partial charge < -0.3 is 9.97 Å². The maximum Gasteiger partial charge on any atom is 0.323 e. The zero-order chi connectivity index (χ0) is 16.0. The van der Waals surface area contributed by atoms with Crippen molar-refractivity contribution in [3.63, 3.8) is 0 Å². The summed E-state index contributed by atoms with van der Waals surface area (Å²) in [6, 6.07) is 8.52. The fraction of sp³-hybridized carbons (Fsp3) is 0.267. The maximum absolute atomic E-state index is 13.0. The first-order valence-corrected chi connectivity index (χ1v) is 9.65. The number of thiophene rings is 1. The number of imidazole rings is 1. The van der Waals surface area contributed by atoms with Crippen molar-refractivity contribution >= 4 is 32.4 Å². The second-order valence-corrected chi connectivity index (χ2v) is 8.45. The van der Waals surface area contributed by atoms with Crippen LogP contribution in [0.5, 0.6) is 0 Å². The molecule has 120 valence electrons. The van der Waals surface area contributed by atoms with Crippen molar-refractivity contribution in [3.8, 4) is 0 Å². The number of rotatable bonds is 3. The Labute approximate surface area is 136 Å². The second kappa shape index (κ2) is 5.33. The maximum atomic E-state index is 13.0. The van der Waals surface area contributed by atoms with E-state index in [0.29, 0.717) is 17.6 Å². The lowest BCUT2D eigenvalue weighted by Gasteiger charge is -2.23. The normalized spacial score (nSPS) is 19.6. The van der Waals surface area contributed by atoms with Gasteiger partial charge in [-0.25, -0.2) is 13.2 Å². The van der Waals surface area contributed by atoms with Gasteiger partial charge in [0.2, 0.25) is 10.0 Å². The molecule has 3 aromatic rings. The van der Waals surface area contributed by atoms with Crippen molar-refractivity contribution in [2.45, 2.75) is 23.8 Å². The van der Waals surface area contributed by atoms with Gasteiger partial charge in [0, 0.05) is 11.4 Å². The molecule has 1 atom stereocenters. The SMILES string of the molecule is O=c1[nH]c2ccc(S(=O)(=O)N3CCCC3c3cccs3)cc2[nH]1. The molecule has 3 heterocycles. The monoisotopic (exact) mass is 349 g/mol. The minimum atomic E-state index is -3.59. The summed E-state index contributed by atoms with van der Waals surface area (Å²) in [6.45, 7) is 0.520. The molecule has 8 heteroatoms. The third kappa shape index (κ3) is 2.43. The first-order chi connectivity index (χ1) is 11.1. The van der Waals surface area contributed by atoms with Gasteiger partial charge >= 0.3 is 5.69 Å². The van der Waals surface area contributed by atoms with E-state index in [1.54, 1.807) is 27.8 Å². The van der Waals surface area contributed by atoms with Crippen LogP contribution >= 0.6 is 11.3 Å².